The summed E-state index contributed by atoms with van der Waals surface area (Å²) in [5.74, 6) is -1.93. The molecule has 0 spiro atoms. The first-order valence-corrected chi connectivity index (χ1v) is 8.35. The Hall–Kier alpha value is -1.89. The summed E-state index contributed by atoms with van der Waals surface area (Å²) in [6.45, 7) is 0. The Morgan fingerprint density at radius 1 is 1.29 bits per heavy atom. The lowest BCUT2D eigenvalue weighted by molar-refractivity contribution is -0.138. The van der Waals surface area contributed by atoms with Crippen molar-refractivity contribution < 1.29 is 23.1 Å². The fraction of sp³-hybridized carbons (Fsp3) is 0.429. The van der Waals surface area contributed by atoms with Gasteiger partial charge in [0.1, 0.15) is 0 Å². The molecule has 0 heterocycles. The second kappa shape index (κ2) is 5.48. The molecule has 0 unspecified atom stereocenters. The van der Waals surface area contributed by atoms with E-state index in [2.05, 4.69) is 0 Å². The van der Waals surface area contributed by atoms with Gasteiger partial charge in [-0.15, -0.1) is 0 Å². The van der Waals surface area contributed by atoms with Crippen LogP contribution in [-0.2, 0) is 20.4 Å². The molecule has 1 fully saturated rings. The number of hydrogen-bond acceptors (Lipinski definition) is 4. The van der Waals surface area contributed by atoms with Crippen LogP contribution in [0.4, 0.5) is 0 Å². The molecule has 1 amide bonds. The van der Waals surface area contributed by atoms with Crippen LogP contribution in [0.1, 0.15) is 35.2 Å². The molecule has 0 bridgehead atoms. The van der Waals surface area contributed by atoms with Gasteiger partial charge in [0.25, 0.3) is 0 Å². The third-order valence-electron chi connectivity index (χ3n) is 3.61. The van der Waals surface area contributed by atoms with Gasteiger partial charge in [-0.2, -0.15) is 0 Å². The molecule has 2 rings (SSSR count). The Balaban J connectivity index is 2.09. The predicted octanol–water partition coefficient (Wildman–Crippen LogP) is 0.955. The lowest BCUT2D eigenvalue weighted by Crippen LogP contribution is -2.21. The molecule has 0 radical (unpaired) electrons. The van der Waals surface area contributed by atoms with E-state index in [-0.39, 0.29) is 23.5 Å². The van der Waals surface area contributed by atoms with Gasteiger partial charge in [0, 0.05) is 5.56 Å². The zero-order valence-electron chi connectivity index (χ0n) is 11.4. The van der Waals surface area contributed by atoms with E-state index in [1.807, 2.05) is 0 Å². The third-order valence-corrected chi connectivity index (χ3v) is 5.43. The van der Waals surface area contributed by atoms with Crippen molar-refractivity contribution in [1.29, 1.82) is 0 Å². The van der Waals surface area contributed by atoms with Crippen molar-refractivity contribution in [3.63, 3.8) is 0 Å². The van der Waals surface area contributed by atoms with E-state index in [4.69, 9.17) is 10.8 Å². The maximum atomic E-state index is 12.2. The standard InChI is InChI=1S/C14H17NO5S/c15-13(18)11-3-1-2-10(6-11)8-21(19,20)9-14(4-5-14)7-12(16)17/h1-3,6H,4-5,7-9H2,(H2,15,18)(H,16,17). The minimum Gasteiger partial charge on any atom is -0.481 e. The van der Waals surface area contributed by atoms with E-state index in [1.165, 1.54) is 12.1 Å². The van der Waals surface area contributed by atoms with Gasteiger partial charge in [0.05, 0.1) is 17.9 Å². The zero-order valence-corrected chi connectivity index (χ0v) is 12.2. The van der Waals surface area contributed by atoms with Crippen LogP contribution in [0, 0.1) is 5.41 Å². The quantitative estimate of drug-likeness (QED) is 0.778. The van der Waals surface area contributed by atoms with Crippen LogP contribution >= 0.6 is 0 Å². The average Bonchev–Trinajstić information content (AvgIpc) is 3.05. The molecule has 6 nitrogen and oxygen atoms in total. The van der Waals surface area contributed by atoms with E-state index >= 15 is 0 Å². The Bertz CT molecular complexity index is 676. The Morgan fingerprint density at radius 2 is 1.95 bits per heavy atom. The van der Waals surface area contributed by atoms with Crippen LogP contribution in [0.3, 0.4) is 0 Å². The van der Waals surface area contributed by atoms with Gasteiger partial charge in [-0.3, -0.25) is 9.59 Å². The zero-order chi connectivity index (χ0) is 15.7. The summed E-state index contributed by atoms with van der Waals surface area (Å²) < 4.78 is 24.4. The van der Waals surface area contributed by atoms with E-state index in [9.17, 15) is 18.0 Å². The molecule has 1 saturated carbocycles. The highest BCUT2D eigenvalue weighted by atomic mass is 32.2. The number of benzene rings is 1. The third kappa shape index (κ3) is 4.29. The second-order valence-electron chi connectivity index (χ2n) is 5.67. The molecule has 0 aliphatic heterocycles. The van der Waals surface area contributed by atoms with Gasteiger partial charge in [-0.1, -0.05) is 12.1 Å². The summed E-state index contributed by atoms with van der Waals surface area (Å²) in [6.07, 6.45) is 1.13. The molecular formula is C14H17NO5S. The first kappa shape index (κ1) is 15.5. The van der Waals surface area contributed by atoms with Crippen LogP contribution in [-0.4, -0.2) is 31.2 Å². The summed E-state index contributed by atoms with van der Waals surface area (Å²) in [7, 11) is -3.43. The number of primary amides is 1. The number of nitrogens with two attached hydrogens (primary N) is 1. The van der Waals surface area contributed by atoms with Crippen molar-refractivity contribution in [3.05, 3.63) is 35.4 Å². The van der Waals surface area contributed by atoms with Crippen LogP contribution < -0.4 is 5.73 Å². The maximum Gasteiger partial charge on any atom is 0.303 e. The van der Waals surface area contributed by atoms with E-state index in [0.29, 0.717) is 18.4 Å². The van der Waals surface area contributed by atoms with Crippen molar-refractivity contribution in [2.75, 3.05) is 5.75 Å². The fourth-order valence-corrected chi connectivity index (χ4v) is 4.57. The van der Waals surface area contributed by atoms with Crippen LogP contribution in [0.15, 0.2) is 24.3 Å². The van der Waals surface area contributed by atoms with Gasteiger partial charge >= 0.3 is 5.97 Å². The largest absolute Gasteiger partial charge is 0.481 e. The Kier molecular flexibility index (Phi) is 4.04. The van der Waals surface area contributed by atoms with Gasteiger partial charge in [-0.05, 0) is 36.0 Å². The van der Waals surface area contributed by atoms with Crippen molar-refractivity contribution in [2.45, 2.75) is 25.0 Å². The Labute approximate surface area is 122 Å². The number of carboxylic acids is 1. The molecule has 3 N–H and O–H groups in total. The van der Waals surface area contributed by atoms with Crippen LogP contribution in [0.5, 0.6) is 0 Å². The molecule has 1 aliphatic rings. The van der Waals surface area contributed by atoms with Gasteiger partial charge in [0.2, 0.25) is 5.91 Å². The normalized spacial score (nSPS) is 16.4. The predicted molar refractivity (Wildman–Crippen MR) is 76.4 cm³/mol. The van der Waals surface area contributed by atoms with Gasteiger partial charge < -0.3 is 10.8 Å². The molecule has 114 valence electrons. The number of sulfone groups is 1. The lowest BCUT2D eigenvalue weighted by Gasteiger charge is -2.13. The smallest absolute Gasteiger partial charge is 0.303 e. The van der Waals surface area contributed by atoms with Crippen molar-refractivity contribution in [1.82, 2.24) is 0 Å². The highest BCUT2D eigenvalue weighted by Gasteiger charge is 2.47. The number of carbonyl (C=O) groups excluding carboxylic acids is 1. The number of rotatable bonds is 7. The summed E-state index contributed by atoms with van der Waals surface area (Å²) >= 11 is 0. The summed E-state index contributed by atoms with van der Waals surface area (Å²) in [6, 6.07) is 6.16. The first-order chi connectivity index (χ1) is 9.71. The maximum absolute atomic E-state index is 12.2. The number of carboxylic acid groups (broad SMARTS) is 1. The molecule has 0 saturated heterocycles. The number of carbonyl (C=O) groups is 2. The number of aliphatic carboxylic acids is 1. The Morgan fingerprint density at radius 3 is 2.48 bits per heavy atom. The summed E-state index contributed by atoms with van der Waals surface area (Å²) in [5, 5.41) is 8.83. The minimum absolute atomic E-state index is 0.118. The van der Waals surface area contributed by atoms with E-state index in [0.717, 1.165) is 0 Å². The fourth-order valence-electron chi connectivity index (χ4n) is 2.46. The molecule has 1 aromatic rings. The first-order valence-electron chi connectivity index (χ1n) is 6.52. The minimum atomic E-state index is -3.43. The lowest BCUT2D eigenvalue weighted by atomic mass is 10.1. The molecule has 21 heavy (non-hydrogen) atoms. The van der Waals surface area contributed by atoms with E-state index in [1.54, 1.807) is 12.1 Å². The number of amides is 1. The molecule has 1 aliphatic carbocycles. The van der Waals surface area contributed by atoms with Crippen molar-refractivity contribution in [3.8, 4) is 0 Å². The molecule has 0 atom stereocenters. The highest BCUT2D eigenvalue weighted by molar-refractivity contribution is 7.90. The summed E-state index contributed by atoms with van der Waals surface area (Å²) in [4.78, 5) is 21.9. The van der Waals surface area contributed by atoms with E-state index < -0.39 is 27.1 Å². The van der Waals surface area contributed by atoms with Crippen molar-refractivity contribution >= 4 is 21.7 Å². The second-order valence-corrected chi connectivity index (χ2v) is 7.73. The topological polar surface area (TPSA) is 115 Å². The molecule has 7 heteroatoms. The highest BCUT2D eigenvalue weighted by Crippen LogP contribution is 2.50. The SMILES string of the molecule is NC(=O)c1cccc(CS(=O)(=O)CC2(CC(=O)O)CC2)c1. The van der Waals surface area contributed by atoms with Crippen LogP contribution in [0.2, 0.25) is 0 Å². The molecule has 1 aromatic carbocycles. The average molecular weight is 311 g/mol. The van der Waals surface area contributed by atoms with Gasteiger partial charge in [0.15, 0.2) is 9.84 Å². The number of hydrogen-bond donors (Lipinski definition) is 2. The van der Waals surface area contributed by atoms with Gasteiger partial charge in [-0.25, -0.2) is 8.42 Å². The van der Waals surface area contributed by atoms with Crippen molar-refractivity contribution in [2.24, 2.45) is 11.1 Å². The molecule has 0 aromatic heterocycles. The van der Waals surface area contributed by atoms with Crippen LogP contribution in [0.25, 0.3) is 0 Å². The summed E-state index contributed by atoms with van der Waals surface area (Å²) in [5.41, 5.74) is 5.30. The monoisotopic (exact) mass is 311 g/mol. The molecular weight excluding hydrogens is 294 g/mol.